The Morgan fingerprint density at radius 3 is 1.23 bits per heavy atom. The van der Waals surface area contributed by atoms with E-state index in [4.69, 9.17) is 0 Å². The normalized spacial score (nSPS) is 8.55. The summed E-state index contributed by atoms with van der Waals surface area (Å²) >= 11 is 0. The Labute approximate surface area is 146 Å². The largest absolute Gasteiger partial charge is 1.00 e. The first-order valence-electron chi connectivity index (χ1n) is 6.34. The van der Waals surface area contributed by atoms with Gasteiger partial charge in [-0.15, -0.1) is 0 Å². The van der Waals surface area contributed by atoms with Crippen LogP contribution in [-0.2, 0) is 32.0 Å². The minimum atomic E-state index is 0. The monoisotopic (exact) mass is 492 g/mol. The van der Waals surface area contributed by atoms with Crippen molar-refractivity contribution >= 4 is 11.6 Å². The number of carbonyl (C=O) groups is 2. The van der Waals surface area contributed by atoms with Crippen LogP contribution in [0.4, 0.5) is 0 Å². The van der Waals surface area contributed by atoms with Crippen LogP contribution in [0.5, 0.6) is 0 Å². The zero-order chi connectivity index (χ0) is 14.2. The van der Waals surface area contributed by atoms with E-state index in [1.165, 1.54) is 0 Å². The van der Waals surface area contributed by atoms with Gasteiger partial charge in [-0.1, -0.05) is 26.0 Å². The summed E-state index contributed by atoms with van der Waals surface area (Å²) < 4.78 is 0. The van der Waals surface area contributed by atoms with Crippen molar-refractivity contribution < 1.29 is 46.1 Å². The van der Waals surface area contributed by atoms with Gasteiger partial charge in [0.25, 0.3) is 0 Å². The molecule has 0 unspecified atom stereocenters. The molecule has 0 rings (SSSR count). The molecule has 0 saturated carbocycles. The Hall–Kier alpha value is -0.730. The third-order valence-electron chi connectivity index (χ3n) is 1.80. The summed E-state index contributed by atoms with van der Waals surface area (Å²) in [6.07, 6.45) is 6.64. The molecule has 2 N–H and O–H groups in total. The second kappa shape index (κ2) is 32.3. The number of carbonyl (C=O) groups excluding carboxylic acids is 2. The molecule has 0 aliphatic heterocycles. The van der Waals surface area contributed by atoms with E-state index in [0.717, 1.165) is 13.1 Å². The molecule has 0 aromatic rings. The average molecular weight is 492 g/mol. The molecule has 8 heteroatoms. The van der Waals surface area contributed by atoms with Gasteiger partial charge >= 0.3 is 0 Å². The standard InChI is InChI=1S/2C7H13NO.3FH.Ta/c2*1-3-5-7(9)6-8-4-2;;;;/h2*3,5,8H,4,6H2,1-2H3;3*1H;/p-3. The molecule has 1 radical (unpaired) electrons. The van der Waals surface area contributed by atoms with Crippen molar-refractivity contribution in [1.82, 2.24) is 10.6 Å². The van der Waals surface area contributed by atoms with E-state index in [0.29, 0.717) is 13.1 Å². The molecule has 0 bridgehead atoms. The first-order chi connectivity index (χ1) is 8.62. The first-order valence-corrected chi connectivity index (χ1v) is 6.34. The topological polar surface area (TPSA) is 58.2 Å². The van der Waals surface area contributed by atoms with E-state index >= 15 is 0 Å². The summed E-state index contributed by atoms with van der Waals surface area (Å²) in [4.78, 5) is 21.3. The zero-order valence-corrected chi connectivity index (χ0v) is 16.7. The molecule has 0 saturated heterocycles. The van der Waals surface area contributed by atoms with Gasteiger partial charge in [-0.25, -0.2) is 0 Å². The molecule has 0 fully saturated rings. The van der Waals surface area contributed by atoms with Crippen molar-refractivity contribution in [3.05, 3.63) is 24.3 Å². The van der Waals surface area contributed by atoms with Crippen molar-refractivity contribution in [1.29, 1.82) is 0 Å². The van der Waals surface area contributed by atoms with Crippen molar-refractivity contribution in [2.45, 2.75) is 27.7 Å². The Bertz CT molecular complexity index is 261. The molecule has 0 aromatic heterocycles. The average Bonchev–Trinajstić information content (AvgIpc) is 2.35. The maximum absolute atomic E-state index is 10.7. The molecular weight excluding hydrogens is 466 g/mol. The van der Waals surface area contributed by atoms with Gasteiger partial charge in [0, 0.05) is 22.4 Å². The summed E-state index contributed by atoms with van der Waals surface area (Å²) in [7, 11) is 0. The van der Waals surface area contributed by atoms with E-state index in [1.54, 1.807) is 24.3 Å². The number of likely N-dealkylation sites (N-methyl/N-ethyl adjacent to an activating group) is 2. The molecule has 0 aliphatic carbocycles. The van der Waals surface area contributed by atoms with Crippen LogP contribution in [-0.4, -0.2) is 37.7 Å². The molecular formula is C14H26F3N2O2Ta-3. The van der Waals surface area contributed by atoms with Crippen LogP contribution in [0.2, 0.25) is 0 Å². The van der Waals surface area contributed by atoms with Crippen molar-refractivity contribution in [3.63, 3.8) is 0 Å². The first kappa shape index (κ1) is 37.5. The number of halogens is 3. The molecule has 133 valence electrons. The van der Waals surface area contributed by atoms with Gasteiger partial charge < -0.3 is 24.7 Å². The van der Waals surface area contributed by atoms with E-state index < -0.39 is 0 Å². The Balaban J connectivity index is -0.0000000492. The van der Waals surface area contributed by atoms with Gasteiger partial charge in [-0.05, 0) is 39.1 Å². The van der Waals surface area contributed by atoms with Gasteiger partial charge in [0.05, 0.1) is 13.1 Å². The Morgan fingerprint density at radius 1 is 0.773 bits per heavy atom. The van der Waals surface area contributed by atoms with E-state index in [9.17, 15) is 9.59 Å². The van der Waals surface area contributed by atoms with Gasteiger partial charge in [0.15, 0.2) is 11.6 Å². The van der Waals surface area contributed by atoms with Gasteiger partial charge in [0.1, 0.15) is 0 Å². The molecule has 0 spiro atoms. The predicted octanol–water partition coefficient (Wildman–Crippen LogP) is -7.51. The summed E-state index contributed by atoms with van der Waals surface area (Å²) in [6, 6.07) is 0. The second-order valence-electron chi connectivity index (χ2n) is 3.49. The molecule has 0 aromatic carbocycles. The van der Waals surface area contributed by atoms with Crippen molar-refractivity contribution in [3.8, 4) is 0 Å². The van der Waals surface area contributed by atoms with Crippen LogP contribution >= 0.6 is 0 Å². The van der Waals surface area contributed by atoms with E-state index in [-0.39, 0.29) is 48.1 Å². The van der Waals surface area contributed by atoms with Crippen LogP contribution in [0.3, 0.4) is 0 Å². The number of ketones is 2. The minimum Gasteiger partial charge on any atom is -1.00 e. The fourth-order valence-electron chi connectivity index (χ4n) is 0.986. The summed E-state index contributed by atoms with van der Waals surface area (Å²) in [6.45, 7) is 10.2. The Morgan fingerprint density at radius 2 is 1.05 bits per heavy atom. The van der Waals surface area contributed by atoms with Gasteiger partial charge in [-0.2, -0.15) is 0 Å². The molecule has 0 aliphatic rings. The van der Waals surface area contributed by atoms with Gasteiger partial charge in [0.2, 0.25) is 0 Å². The van der Waals surface area contributed by atoms with E-state index in [1.807, 2.05) is 27.7 Å². The summed E-state index contributed by atoms with van der Waals surface area (Å²) in [5.74, 6) is 0.277. The van der Waals surface area contributed by atoms with Crippen LogP contribution in [0.1, 0.15) is 27.7 Å². The molecule has 22 heavy (non-hydrogen) atoms. The number of hydrogen-bond acceptors (Lipinski definition) is 4. The van der Waals surface area contributed by atoms with Crippen molar-refractivity contribution in [2.75, 3.05) is 26.2 Å². The molecule has 0 atom stereocenters. The smallest absolute Gasteiger partial charge is 0.169 e. The van der Waals surface area contributed by atoms with E-state index in [2.05, 4.69) is 10.6 Å². The fraction of sp³-hybridized carbons (Fsp3) is 0.571. The predicted molar refractivity (Wildman–Crippen MR) is 76.7 cm³/mol. The SMILES string of the molecule is CC=CC(=O)CNCC.CC=CC(=O)CNCC.[F-].[F-].[F-].[Ta]. The molecule has 0 heterocycles. The van der Waals surface area contributed by atoms with Crippen molar-refractivity contribution in [2.24, 2.45) is 0 Å². The molecule has 0 amide bonds. The van der Waals surface area contributed by atoms with Crippen LogP contribution < -0.4 is 24.7 Å². The third-order valence-corrected chi connectivity index (χ3v) is 1.80. The Kier molecular flexibility index (Phi) is 55.0. The number of allylic oxidation sites excluding steroid dienone is 2. The number of nitrogens with one attached hydrogen (secondary N) is 2. The zero-order valence-electron chi connectivity index (χ0n) is 13.5. The quantitative estimate of drug-likeness (QED) is 0.331. The third kappa shape index (κ3) is 36.5. The second-order valence-corrected chi connectivity index (χ2v) is 3.49. The fourth-order valence-corrected chi connectivity index (χ4v) is 0.986. The van der Waals surface area contributed by atoms with Crippen LogP contribution in [0.25, 0.3) is 0 Å². The summed E-state index contributed by atoms with van der Waals surface area (Å²) in [5.41, 5.74) is 0. The number of hydrogen-bond donors (Lipinski definition) is 2. The maximum Gasteiger partial charge on any atom is 0.169 e. The number of rotatable bonds is 8. The van der Waals surface area contributed by atoms with Crippen LogP contribution in [0.15, 0.2) is 24.3 Å². The summed E-state index contributed by atoms with van der Waals surface area (Å²) in [5, 5.41) is 5.86. The molecule has 4 nitrogen and oxygen atoms in total. The van der Waals surface area contributed by atoms with Gasteiger partial charge in [-0.3, -0.25) is 9.59 Å². The maximum atomic E-state index is 10.7. The van der Waals surface area contributed by atoms with Crippen LogP contribution in [0, 0.1) is 0 Å². The minimum absolute atomic E-state index is 0.